The molecule has 100 valence electrons. The van der Waals surface area contributed by atoms with Gasteiger partial charge in [0.25, 0.3) is 0 Å². The molecular formula is C13H14BrFN4. The third-order valence-corrected chi connectivity index (χ3v) is 3.43. The highest BCUT2D eigenvalue weighted by atomic mass is 79.9. The van der Waals surface area contributed by atoms with E-state index >= 15 is 0 Å². The Morgan fingerprint density at radius 3 is 2.79 bits per heavy atom. The summed E-state index contributed by atoms with van der Waals surface area (Å²) in [6, 6.07) is 6.43. The number of rotatable bonds is 4. The fourth-order valence-electron chi connectivity index (χ4n) is 1.82. The zero-order chi connectivity index (χ0) is 13.8. The van der Waals surface area contributed by atoms with E-state index in [1.807, 2.05) is 17.9 Å². The number of benzene rings is 1. The lowest BCUT2D eigenvalue weighted by Crippen LogP contribution is -2.18. The molecule has 1 N–H and O–H groups in total. The van der Waals surface area contributed by atoms with Crippen LogP contribution in [0.25, 0.3) is 0 Å². The molecule has 0 aliphatic heterocycles. The molecule has 0 aliphatic rings. The molecule has 2 aromatic rings. The summed E-state index contributed by atoms with van der Waals surface area (Å²) in [5.74, 6) is 1.13. The van der Waals surface area contributed by atoms with E-state index in [0.29, 0.717) is 18.2 Å². The van der Waals surface area contributed by atoms with Crippen LogP contribution in [0.3, 0.4) is 0 Å². The molecule has 0 amide bonds. The largest absolute Gasteiger partial charge is 0.372 e. The quantitative estimate of drug-likeness (QED) is 0.933. The van der Waals surface area contributed by atoms with Crippen molar-refractivity contribution in [3.05, 3.63) is 40.9 Å². The highest BCUT2D eigenvalue weighted by Crippen LogP contribution is 2.33. The summed E-state index contributed by atoms with van der Waals surface area (Å²) in [6.07, 6.45) is 1.48. The van der Waals surface area contributed by atoms with Gasteiger partial charge in [-0.3, -0.25) is 0 Å². The molecule has 0 saturated heterocycles. The fourth-order valence-corrected chi connectivity index (χ4v) is 2.44. The summed E-state index contributed by atoms with van der Waals surface area (Å²) in [4.78, 5) is 10.3. The van der Waals surface area contributed by atoms with Crippen LogP contribution in [-0.4, -0.2) is 23.6 Å². The molecule has 1 aromatic heterocycles. The van der Waals surface area contributed by atoms with Crippen LogP contribution in [0, 0.1) is 5.82 Å². The molecule has 1 aromatic carbocycles. The number of aromatic nitrogens is 2. The van der Waals surface area contributed by atoms with E-state index in [9.17, 15) is 4.39 Å². The van der Waals surface area contributed by atoms with E-state index in [1.54, 1.807) is 13.1 Å². The third kappa shape index (κ3) is 2.84. The lowest BCUT2D eigenvalue weighted by atomic mass is 10.2. The average molecular weight is 325 g/mol. The maximum Gasteiger partial charge on any atom is 0.152 e. The van der Waals surface area contributed by atoms with Gasteiger partial charge in [-0.25, -0.2) is 14.4 Å². The summed E-state index contributed by atoms with van der Waals surface area (Å²) in [5.41, 5.74) is 0.754. The van der Waals surface area contributed by atoms with Gasteiger partial charge in [0.1, 0.15) is 22.4 Å². The van der Waals surface area contributed by atoms with E-state index in [-0.39, 0.29) is 5.82 Å². The van der Waals surface area contributed by atoms with Gasteiger partial charge in [-0.15, -0.1) is 0 Å². The molecule has 0 saturated carbocycles. The Labute approximate surface area is 119 Å². The summed E-state index contributed by atoms with van der Waals surface area (Å²) in [5, 5.41) is 2.98. The predicted molar refractivity (Wildman–Crippen MR) is 78.4 cm³/mol. The second-order valence-corrected chi connectivity index (χ2v) is 4.63. The highest BCUT2D eigenvalue weighted by Gasteiger charge is 2.15. The SMILES string of the molecule is CCN(c1cccc(F)c1)c1ncnc(NC)c1Br. The van der Waals surface area contributed by atoms with Gasteiger partial charge in [-0.05, 0) is 41.1 Å². The Hall–Kier alpha value is -1.69. The highest BCUT2D eigenvalue weighted by molar-refractivity contribution is 9.10. The normalized spacial score (nSPS) is 10.3. The molecule has 0 spiro atoms. The van der Waals surface area contributed by atoms with Crippen LogP contribution in [0.1, 0.15) is 6.92 Å². The first kappa shape index (κ1) is 13.7. The molecule has 2 rings (SSSR count). The Kier molecular flexibility index (Phi) is 4.31. The van der Waals surface area contributed by atoms with Gasteiger partial charge in [-0.2, -0.15) is 0 Å². The molecule has 19 heavy (non-hydrogen) atoms. The van der Waals surface area contributed by atoms with Crippen molar-refractivity contribution in [2.75, 3.05) is 23.8 Å². The minimum Gasteiger partial charge on any atom is -0.372 e. The number of nitrogens with zero attached hydrogens (tertiary/aromatic N) is 3. The zero-order valence-electron chi connectivity index (χ0n) is 10.7. The molecular weight excluding hydrogens is 311 g/mol. The van der Waals surface area contributed by atoms with Crippen LogP contribution in [0.2, 0.25) is 0 Å². The maximum absolute atomic E-state index is 13.3. The van der Waals surface area contributed by atoms with Crippen molar-refractivity contribution in [1.82, 2.24) is 9.97 Å². The minimum atomic E-state index is -0.269. The standard InChI is InChI=1S/C13H14BrFN4/c1-3-19(10-6-4-5-9(15)7-10)13-11(14)12(16-2)17-8-18-13/h4-8H,3H2,1-2H3,(H,16,17,18). The molecule has 0 atom stereocenters. The van der Waals surface area contributed by atoms with Crippen molar-refractivity contribution in [2.45, 2.75) is 6.92 Å². The molecule has 0 fully saturated rings. The Balaban J connectivity index is 2.48. The topological polar surface area (TPSA) is 41.1 Å². The number of halogens is 2. The number of anilines is 3. The second-order valence-electron chi connectivity index (χ2n) is 3.83. The predicted octanol–water partition coefficient (Wildman–Crippen LogP) is 3.58. The second kappa shape index (κ2) is 5.97. The fraction of sp³-hybridized carbons (Fsp3) is 0.231. The van der Waals surface area contributed by atoms with Gasteiger partial charge in [-0.1, -0.05) is 6.07 Å². The molecule has 6 heteroatoms. The van der Waals surface area contributed by atoms with E-state index in [4.69, 9.17) is 0 Å². The van der Waals surface area contributed by atoms with Gasteiger partial charge >= 0.3 is 0 Å². The maximum atomic E-state index is 13.3. The van der Waals surface area contributed by atoms with Crippen molar-refractivity contribution < 1.29 is 4.39 Å². The van der Waals surface area contributed by atoms with E-state index in [0.717, 1.165) is 10.2 Å². The summed E-state index contributed by atoms with van der Waals surface area (Å²) < 4.78 is 14.1. The monoisotopic (exact) mass is 324 g/mol. The lowest BCUT2D eigenvalue weighted by molar-refractivity contribution is 0.627. The molecule has 1 heterocycles. The van der Waals surface area contributed by atoms with Crippen molar-refractivity contribution in [2.24, 2.45) is 0 Å². The van der Waals surface area contributed by atoms with Crippen LogP contribution < -0.4 is 10.2 Å². The number of hydrogen-bond donors (Lipinski definition) is 1. The van der Waals surface area contributed by atoms with Crippen molar-refractivity contribution in [3.63, 3.8) is 0 Å². The first-order valence-corrected chi connectivity index (χ1v) is 6.68. The van der Waals surface area contributed by atoms with Crippen molar-refractivity contribution >= 4 is 33.3 Å². The lowest BCUT2D eigenvalue weighted by Gasteiger charge is -2.23. The first-order chi connectivity index (χ1) is 9.17. The molecule has 4 nitrogen and oxygen atoms in total. The Morgan fingerprint density at radius 1 is 1.37 bits per heavy atom. The van der Waals surface area contributed by atoms with Crippen molar-refractivity contribution in [3.8, 4) is 0 Å². The summed E-state index contributed by atoms with van der Waals surface area (Å²) >= 11 is 3.48. The number of nitrogens with one attached hydrogen (secondary N) is 1. The van der Waals surface area contributed by atoms with Crippen LogP contribution in [-0.2, 0) is 0 Å². The first-order valence-electron chi connectivity index (χ1n) is 5.88. The van der Waals surface area contributed by atoms with E-state index in [2.05, 4.69) is 31.2 Å². The van der Waals surface area contributed by atoms with Crippen LogP contribution >= 0.6 is 15.9 Å². The average Bonchev–Trinajstić information content (AvgIpc) is 2.41. The van der Waals surface area contributed by atoms with Gasteiger partial charge in [0.2, 0.25) is 0 Å². The van der Waals surface area contributed by atoms with Gasteiger partial charge in [0, 0.05) is 19.3 Å². The molecule has 0 bridgehead atoms. The summed E-state index contributed by atoms with van der Waals surface area (Å²) in [6.45, 7) is 2.65. The zero-order valence-corrected chi connectivity index (χ0v) is 12.3. The summed E-state index contributed by atoms with van der Waals surface area (Å²) in [7, 11) is 1.79. The number of hydrogen-bond acceptors (Lipinski definition) is 4. The van der Waals surface area contributed by atoms with E-state index in [1.165, 1.54) is 18.5 Å². The smallest absolute Gasteiger partial charge is 0.152 e. The minimum absolute atomic E-state index is 0.269. The van der Waals surface area contributed by atoms with Crippen LogP contribution in [0.15, 0.2) is 35.1 Å². The van der Waals surface area contributed by atoms with Gasteiger partial charge in [0.05, 0.1) is 0 Å². The van der Waals surface area contributed by atoms with Crippen LogP contribution in [0.4, 0.5) is 21.7 Å². The van der Waals surface area contributed by atoms with Crippen molar-refractivity contribution in [1.29, 1.82) is 0 Å². The van der Waals surface area contributed by atoms with Gasteiger partial charge in [0.15, 0.2) is 5.82 Å². The van der Waals surface area contributed by atoms with Gasteiger partial charge < -0.3 is 10.2 Å². The molecule has 0 aliphatic carbocycles. The molecule has 0 unspecified atom stereocenters. The molecule has 0 radical (unpaired) electrons. The Morgan fingerprint density at radius 2 is 2.16 bits per heavy atom. The Bertz CT molecular complexity index is 576. The van der Waals surface area contributed by atoms with E-state index < -0.39 is 0 Å². The third-order valence-electron chi connectivity index (χ3n) is 2.70. The van der Waals surface area contributed by atoms with Crippen LogP contribution in [0.5, 0.6) is 0 Å².